The van der Waals surface area contributed by atoms with Gasteiger partial charge >= 0.3 is 0 Å². The molecule has 2 heterocycles. The normalized spacial score (nSPS) is 25.4. The largest absolute Gasteiger partial charge is 0.283 e. The van der Waals surface area contributed by atoms with Gasteiger partial charge in [-0.2, -0.15) is 0 Å². The first-order valence-electron chi connectivity index (χ1n) is 5.89. The molecule has 0 aromatic heterocycles. The first-order valence-corrected chi connectivity index (χ1v) is 8.27. The third-order valence-corrected chi connectivity index (χ3v) is 6.03. The molecule has 0 radical (unpaired) electrons. The molecule has 0 bridgehead atoms. The van der Waals surface area contributed by atoms with Crippen molar-refractivity contribution in [1.82, 2.24) is 4.90 Å². The van der Waals surface area contributed by atoms with Gasteiger partial charge in [-0.25, -0.2) is 0 Å². The van der Waals surface area contributed by atoms with Gasteiger partial charge in [-0.1, -0.05) is 21.6 Å². The lowest BCUT2D eigenvalue weighted by molar-refractivity contribution is -0.141. The van der Waals surface area contributed by atoms with E-state index >= 15 is 0 Å². The monoisotopic (exact) mass is 259 g/mol. The fraction of sp³-hybridized carbons (Fsp3) is 0.818. The maximum atomic E-state index is 11.7. The van der Waals surface area contributed by atoms with Crippen LogP contribution in [0.15, 0.2) is 0 Å². The van der Waals surface area contributed by atoms with Crippen LogP contribution in [-0.2, 0) is 9.59 Å². The highest BCUT2D eigenvalue weighted by molar-refractivity contribution is 8.77. The average Bonchev–Trinajstić information content (AvgIpc) is 2.88. The molecule has 2 saturated heterocycles. The summed E-state index contributed by atoms with van der Waals surface area (Å²) >= 11 is 0. The Kier molecular flexibility index (Phi) is 4.58. The van der Waals surface area contributed by atoms with Gasteiger partial charge in [-0.15, -0.1) is 0 Å². The number of rotatable bonds is 4. The van der Waals surface area contributed by atoms with E-state index in [9.17, 15) is 9.59 Å². The van der Waals surface area contributed by atoms with Crippen molar-refractivity contribution in [2.45, 2.75) is 43.8 Å². The standard InChI is InChI=1S/C11H17NO2S2/c13-10(12-7-2-5-11(12)14)4-1-3-9-6-8-15-16-9/h9H,1-8H2. The highest BCUT2D eigenvalue weighted by atomic mass is 33.1. The molecule has 5 heteroatoms. The van der Waals surface area contributed by atoms with Gasteiger partial charge in [0, 0.05) is 30.4 Å². The van der Waals surface area contributed by atoms with Gasteiger partial charge in [-0.05, 0) is 25.7 Å². The predicted molar refractivity (Wildman–Crippen MR) is 68.3 cm³/mol. The Morgan fingerprint density at radius 2 is 2.38 bits per heavy atom. The van der Waals surface area contributed by atoms with E-state index in [4.69, 9.17) is 0 Å². The van der Waals surface area contributed by atoms with Crippen LogP contribution in [0.3, 0.4) is 0 Å². The van der Waals surface area contributed by atoms with Crippen LogP contribution in [0, 0.1) is 0 Å². The van der Waals surface area contributed by atoms with Gasteiger partial charge in [0.25, 0.3) is 0 Å². The lowest BCUT2D eigenvalue weighted by Gasteiger charge is -2.13. The molecule has 3 nitrogen and oxygen atoms in total. The number of imide groups is 1. The number of likely N-dealkylation sites (tertiary alicyclic amines) is 1. The number of carbonyl (C=O) groups excluding carboxylic acids is 2. The van der Waals surface area contributed by atoms with Crippen LogP contribution in [0.25, 0.3) is 0 Å². The van der Waals surface area contributed by atoms with Gasteiger partial charge in [-0.3, -0.25) is 14.5 Å². The Morgan fingerprint density at radius 3 is 3.00 bits per heavy atom. The van der Waals surface area contributed by atoms with Crippen molar-refractivity contribution in [3.8, 4) is 0 Å². The lowest BCUT2D eigenvalue weighted by Crippen LogP contribution is -2.31. The first kappa shape index (κ1) is 12.3. The molecule has 2 amide bonds. The summed E-state index contributed by atoms with van der Waals surface area (Å²) < 4.78 is 0. The molecule has 0 aromatic rings. The van der Waals surface area contributed by atoms with Crippen LogP contribution >= 0.6 is 21.6 Å². The summed E-state index contributed by atoms with van der Waals surface area (Å²) in [4.78, 5) is 24.5. The van der Waals surface area contributed by atoms with Gasteiger partial charge in [0.2, 0.25) is 11.8 Å². The van der Waals surface area contributed by atoms with E-state index in [1.807, 2.05) is 21.6 Å². The minimum atomic E-state index is 0.0239. The second kappa shape index (κ2) is 5.96. The average molecular weight is 259 g/mol. The maximum absolute atomic E-state index is 11.7. The van der Waals surface area contributed by atoms with E-state index < -0.39 is 0 Å². The summed E-state index contributed by atoms with van der Waals surface area (Å²) in [6.07, 6.45) is 5.27. The third-order valence-electron chi connectivity index (χ3n) is 3.02. The van der Waals surface area contributed by atoms with Crippen molar-refractivity contribution in [3.05, 3.63) is 0 Å². The molecule has 1 atom stereocenters. The molecule has 2 rings (SSSR count). The third kappa shape index (κ3) is 3.17. The van der Waals surface area contributed by atoms with Gasteiger partial charge in [0.05, 0.1) is 0 Å². The molecule has 2 aliphatic heterocycles. The molecular formula is C11H17NO2S2. The lowest BCUT2D eigenvalue weighted by atomic mass is 10.1. The number of amides is 2. The minimum Gasteiger partial charge on any atom is -0.283 e. The Balaban J connectivity index is 1.65. The molecule has 90 valence electrons. The van der Waals surface area contributed by atoms with Crippen LogP contribution in [0.2, 0.25) is 0 Å². The summed E-state index contributed by atoms with van der Waals surface area (Å²) in [6, 6.07) is 0. The number of hydrogen-bond acceptors (Lipinski definition) is 4. The Bertz CT molecular complexity index is 277. The molecule has 16 heavy (non-hydrogen) atoms. The summed E-state index contributed by atoms with van der Waals surface area (Å²) in [7, 11) is 3.89. The molecule has 0 spiro atoms. The zero-order chi connectivity index (χ0) is 11.4. The molecule has 2 fully saturated rings. The van der Waals surface area contributed by atoms with Gasteiger partial charge in [0.1, 0.15) is 0 Å². The number of nitrogens with zero attached hydrogens (tertiary/aromatic N) is 1. The zero-order valence-electron chi connectivity index (χ0n) is 9.31. The molecule has 1 unspecified atom stereocenters. The van der Waals surface area contributed by atoms with E-state index in [2.05, 4.69) is 0 Å². The highest BCUT2D eigenvalue weighted by Gasteiger charge is 2.26. The van der Waals surface area contributed by atoms with E-state index in [0.717, 1.165) is 24.5 Å². The van der Waals surface area contributed by atoms with Crippen molar-refractivity contribution in [3.63, 3.8) is 0 Å². The smallest absolute Gasteiger partial charge is 0.229 e. The number of carbonyl (C=O) groups is 2. The summed E-state index contributed by atoms with van der Waals surface area (Å²) in [5, 5.41) is 0.729. The predicted octanol–water partition coefficient (Wildman–Crippen LogP) is 2.46. The van der Waals surface area contributed by atoms with Crippen molar-refractivity contribution in [1.29, 1.82) is 0 Å². The Labute approximate surface area is 104 Å². The van der Waals surface area contributed by atoms with Gasteiger partial charge < -0.3 is 0 Å². The first-order chi connectivity index (χ1) is 7.77. The zero-order valence-corrected chi connectivity index (χ0v) is 10.9. The van der Waals surface area contributed by atoms with Crippen LogP contribution in [0.1, 0.15) is 38.5 Å². The second-order valence-electron chi connectivity index (χ2n) is 4.26. The SMILES string of the molecule is O=C(CCCC1CCSS1)N1CCCC1=O. The quantitative estimate of drug-likeness (QED) is 0.727. The highest BCUT2D eigenvalue weighted by Crippen LogP contribution is 2.39. The fourth-order valence-corrected chi connectivity index (χ4v) is 5.12. The van der Waals surface area contributed by atoms with Crippen molar-refractivity contribution in [2.24, 2.45) is 0 Å². The minimum absolute atomic E-state index is 0.0239. The molecule has 2 aliphatic rings. The number of hydrogen-bond donors (Lipinski definition) is 0. The molecule has 0 aliphatic carbocycles. The Hall–Kier alpha value is -0.160. The molecule has 0 aromatic carbocycles. The van der Waals surface area contributed by atoms with Crippen LogP contribution in [0.4, 0.5) is 0 Å². The van der Waals surface area contributed by atoms with Gasteiger partial charge in [0.15, 0.2) is 0 Å². The van der Waals surface area contributed by atoms with Crippen LogP contribution in [0.5, 0.6) is 0 Å². The van der Waals surface area contributed by atoms with Crippen LogP contribution in [-0.4, -0.2) is 34.3 Å². The van der Waals surface area contributed by atoms with Crippen LogP contribution < -0.4 is 0 Å². The molecule has 0 saturated carbocycles. The molecule has 0 N–H and O–H groups in total. The summed E-state index contributed by atoms with van der Waals surface area (Å²) in [6.45, 7) is 0.645. The summed E-state index contributed by atoms with van der Waals surface area (Å²) in [5.41, 5.74) is 0. The van der Waals surface area contributed by atoms with Crippen molar-refractivity contribution >= 4 is 33.4 Å². The van der Waals surface area contributed by atoms with E-state index in [0.29, 0.717) is 19.4 Å². The second-order valence-corrected chi connectivity index (χ2v) is 7.05. The Morgan fingerprint density at radius 1 is 1.50 bits per heavy atom. The van der Waals surface area contributed by atoms with E-state index in [1.54, 1.807) is 0 Å². The maximum Gasteiger partial charge on any atom is 0.229 e. The topological polar surface area (TPSA) is 37.4 Å². The summed E-state index contributed by atoms with van der Waals surface area (Å²) in [5.74, 6) is 1.31. The van der Waals surface area contributed by atoms with Crippen molar-refractivity contribution < 1.29 is 9.59 Å². The fourth-order valence-electron chi connectivity index (χ4n) is 2.09. The van der Waals surface area contributed by atoms with Crippen molar-refractivity contribution in [2.75, 3.05) is 12.3 Å². The van der Waals surface area contributed by atoms with E-state index in [1.165, 1.54) is 17.1 Å². The molecular weight excluding hydrogens is 242 g/mol. The van der Waals surface area contributed by atoms with E-state index in [-0.39, 0.29) is 11.8 Å².